The number of sulfonamides is 1. The second-order valence-electron chi connectivity index (χ2n) is 8.17. The van der Waals surface area contributed by atoms with E-state index >= 15 is 0 Å². The van der Waals surface area contributed by atoms with Crippen LogP contribution in [0.4, 0.5) is 8.78 Å². The van der Waals surface area contributed by atoms with E-state index in [9.17, 15) is 22.0 Å². The molecule has 3 rings (SSSR count). The first-order valence-corrected chi connectivity index (χ1v) is 12.1. The first kappa shape index (κ1) is 24.9. The van der Waals surface area contributed by atoms with Gasteiger partial charge in [-0.15, -0.1) is 0 Å². The number of methoxy groups -OCH3 is 1. The normalized spacial score (nSPS) is 15.0. The molecule has 1 fully saturated rings. The maximum Gasteiger partial charge on any atom is 0.254 e. The molecule has 0 bridgehead atoms. The Balaban J connectivity index is 1.65. The Morgan fingerprint density at radius 1 is 1.00 bits per heavy atom. The highest BCUT2D eigenvalue weighted by molar-refractivity contribution is 7.89. The molecule has 2 aromatic rings. The number of rotatable bonds is 8. The van der Waals surface area contributed by atoms with Gasteiger partial charge in [0.1, 0.15) is 0 Å². The lowest BCUT2D eigenvalue weighted by molar-refractivity contribution is 0.0697. The van der Waals surface area contributed by atoms with Crippen LogP contribution in [-0.2, 0) is 10.0 Å². The standard InChI is InChI=1S/C23H28F2N2O5S/c1-16(2)8-13-32-21-7-4-17(14-22(21)31-3)23(28)26-9-11-27(12-10-26)33(29,30)18-5-6-19(24)20(25)15-18/h4-7,14-16H,8-13H2,1-3H3. The molecule has 2 aromatic carbocycles. The van der Waals surface area contributed by atoms with E-state index in [2.05, 4.69) is 13.8 Å². The van der Waals surface area contributed by atoms with E-state index in [1.807, 2.05) is 0 Å². The van der Waals surface area contributed by atoms with E-state index < -0.39 is 21.7 Å². The van der Waals surface area contributed by atoms with Gasteiger partial charge in [0.25, 0.3) is 5.91 Å². The van der Waals surface area contributed by atoms with Crippen molar-refractivity contribution in [2.75, 3.05) is 39.9 Å². The van der Waals surface area contributed by atoms with E-state index in [0.29, 0.717) is 35.7 Å². The molecule has 0 spiro atoms. The van der Waals surface area contributed by atoms with Crippen molar-refractivity contribution in [3.8, 4) is 11.5 Å². The number of hydrogen-bond donors (Lipinski definition) is 0. The van der Waals surface area contributed by atoms with E-state index in [1.165, 1.54) is 7.11 Å². The Labute approximate surface area is 192 Å². The minimum Gasteiger partial charge on any atom is -0.493 e. The van der Waals surface area contributed by atoms with Gasteiger partial charge in [-0.05, 0) is 48.7 Å². The summed E-state index contributed by atoms with van der Waals surface area (Å²) in [5.41, 5.74) is 0.403. The zero-order chi connectivity index (χ0) is 24.2. The van der Waals surface area contributed by atoms with Crippen LogP contribution in [-0.4, -0.2) is 63.4 Å². The van der Waals surface area contributed by atoms with Crippen LogP contribution in [0, 0.1) is 17.6 Å². The molecule has 0 saturated carbocycles. The van der Waals surface area contributed by atoms with Gasteiger partial charge >= 0.3 is 0 Å². The van der Waals surface area contributed by atoms with Crippen LogP contribution in [0.2, 0.25) is 0 Å². The SMILES string of the molecule is COc1cc(C(=O)N2CCN(S(=O)(=O)c3ccc(F)c(F)c3)CC2)ccc1OCCC(C)C. The van der Waals surface area contributed by atoms with E-state index in [0.717, 1.165) is 22.9 Å². The van der Waals surface area contributed by atoms with Crippen molar-refractivity contribution in [1.82, 2.24) is 9.21 Å². The predicted molar refractivity (Wildman–Crippen MR) is 119 cm³/mol. The molecular weight excluding hydrogens is 454 g/mol. The summed E-state index contributed by atoms with van der Waals surface area (Å²) in [6, 6.07) is 7.43. The molecule has 7 nitrogen and oxygen atoms in total. The highest BCUT2D eigenvalue weighted by Gasteiger charge is 2.31. The van der Waals surface area contributed by atoms with Crippen LogP contribution >= 0.6 is 0 Å². The monoisotopic (exact) mass is 482 g/mol. The molecule has 180 valence electrons. The molecule has 1 heterocycles. The summed E-state index contributed by atoms with van der Waals surface area (Å²) in [4.78, 5) is 14.2. The fourth-order valence-electron chi connectivity index (χ4n) is 3.42. The highest BCUT2D eigenvalue weighted by atomic mass is 32.2. The van der Waals surface area contributed by atoms with E-state index in [-0.39, 0.29) is 37.0 Å². The summed E-state index contributed by atoms with van der Waals surface area (Å²) in [7, 11) is -2.49. The van der Waals surface area contributed by atoms with Crippen LogP contribution in [0.3, 0.4) is 0 Å². The average Bonchev–Trinajstić information content (AvgIpc) is 2.80. The van der Waals surface area contributed by atoms with Crippen LogP contribution in [0.5, 0.6) is 11.5 Å². The molecule has 1 aliphatic rings. The molecule has 0 atom stereocenters. The fraction of sp³-hybridized carbons (Fsp3) is 0.435. The van der Waals surface area contributed by atoms with Gasteiger partial charge in [0.2, 0.25) is 10.0 Å². The van der Waals surface area contributed by atoms with Crippen LogP contribution in [0.25, 0.3) is 0 Å². The molecule has 0 unspecified atom stereocenters. The van der Waals surface area contributed by atoms with Crippen molar-refractivity contribution >= 4 is 15.9 Å². The van der Waals surface area contributed by atoms with Crippen LogP contribution in [0.15, 0.2) is 41.3 Å². The van der Waals surface area contributed by atoms with Gasteiger partial charge in [-0.25, -0.2) is 17.2 Å². The lowest BCUT2D eigenvalue weighted by atomic mass is 10.1. The number of hydrogen-bond acceptors (Lipinski definition) is 5. The van der Waals surface area contributed by atoms with E-state index in [1.54, 1.807) is 23.1 Å². The lowest BCUT2D eigenvalue weighted by Crippen LogP contribution is -2.50. The third-order valence-electron chi connectivity index (χ3n) is 5.42. The molecule has 33 heavy (non-hydrogen) atoms. The molecule has 1 aliphatic heterocycles. The van der Waals surface area contributed by atoms with Crippen molar-refractivity contribution < 1.29 is 31.5 Å². The molecule has 1 amide bonds. The summed E-state index contributed by atoms with van der Waals surface area (Å²) >= 11 is 0. The topological polar surface area (TPSA) is 76.2 Å². The summed E-state index contributed by atoms with van der Waals surface area (Å²) < 4.78 is 64.4. The second-order valence-corrected chi connectivity index (χ2v) is 10.1. The third kappa shape index (κ3) is 5.80. The summed E-state index contributed by atoms with van der Waals surface area (Å²) in [6.45, 7) is 5.15. The number of carbonyl (C=O) groups is 1. The number of ether oxygens (including phenoxy) is 2. The summed E-state index contributed by atoms with van der Waals surface area (Å²) in [5.74, 6) is -1.10. The zero-order valence-corrected chi connectivity index (χ0v) is 19.7. The maximum absolute atomic E-state index is 13.5. The Morgan fingerprint density at radius 3 is 2.30 bits per heavy atom. The first-order valence-electron chi connectivity index (χ1n) is 10.7. The van der Waals surface area contributed by atoms with Gasteiger partial charge in [-0.2, -0.15) is 4.31 Å². The predicted octanol–water partition coefficient (Wildman–Crippen LogP) is 3.55. The van der Waals surface area contributed by atoms with Crippen LogP contribution < -0.4 is 9.47 Å². The number of piperazine rings is 1. The third-order valence-corrected chi connectivity index (χ3v) is 7.31. The lowest BCUT2D eigenvalue weighted by Gasteiger charge is -2.34. The van der Waals surface area contributed by atoms with Gasteiger partial charge in [-0.3, -0.25) is 4.79 Å². The number of nitrogens with zero attached hydrogens (tertiary/aromatic N) is 2. The highest BCUT2D eigenvalue weighted by Crippen LogP contribution is 2.29. The van der Waals surface area contributed by atoms with Gasteiger partial charge in [0, 0.05) is 31.7 Å². The van der Waals surface area contributed by atoms with Gasteiger partial charge in [0.05, 0.1) is 18.6 Å². The van der Waals surface area contributed by atoms with Gasteiger partial charge in [-0.1, -0.05) is 13.8 Å². The first-order chi connectivity index (χ1) is 15.6. The number of halogens is 2. The van der Waals surface area contributed by atoms with Crippen molar-refractivity contribution in [2.45, 2.75) is 25.2 Å². The number of carbonyl (C=O) groups excluding carboxylic acids is 1. The molecule has 1 saturated heterocycles. The number of benzene rings is 2. The van der Waals surface area contributed by atoms with Crippen molar-refractivity contribution in [3.63, 3.8) is 0 Å². The summed E-state index contributed by atoms with van der Waals surface area (Å²) in [6.07, 6.45) is 0.890. The molecule has 0 radical (unpaired) electrons. The largest absolute Gasteiger partial charge is 0.493 e. The minimum absolute atomic E-state index is 0.0423. The fourth-order valence-corrected chi connectivity index (χ4v) is 4.86. The van der Waals surface area contributed by atoms with Gasteiger partial charge in [0.15, 0.2) is 23.1 Å². The molecule has 0 aliphatic carbocycles. The molecular formula is C23H28F2N2O5S. The van der Waals surface area contributed by atoms with E-state index in [4.69, 9.17) is 9.47 Å². The Kier molecular flexibility index (Phi) is 7.91. The maximum atomic E-state index is 13.5. The summed E-state index contributed by atoms with van der Waals surface area (Å²) in [5, 5.41) is 0. The molecule has 10 heteroatoms. The number of amides is 1. The Hall–Kier alpha value is -2.72. The Morgan fingerprint density at radius 2 is 1.70 bits per heavy atom. The Bertz CT molecular complexity index is 1100. The van der Waals surface area contributed by atoms with Crippen molar-refractivity contribution in [3.05, 3.63) is 53.6 Å². The average molecular weight is 483 g/mol. The smallest absolute Gasteiger partial charge is 0.254 e. The molecule has 0 N–H and O–H groups in total. The quantitative estimate of drug-likeness (QED) is 0.575. The van der Waals surface area contributed by atoms with Crippen molar-refractivity contribution in [2.24, 2.45) is 5.92 Å². The van der Waals surface area contributed by atoms with Crippen LogP contribution in [0.1, 0.15) is 30.6 Å². The second kappa shape index (κ2) is 10.5. The minimum atomic E-state index is -3.99. The van der Waals surface area contributed by atoms with Crippen molar-refractivity contribution in [1.29, 1.82) is 0 Å². The molecule has 0 aromatic heterocycles. The van der Waals surface area contributed by atoms with Gasteiger partial charge < -0.3 is 14.4 Å². The zero-order valence-electron chi connectivity index (χ0n) is 18.9.